The van der Waals surface area contributed by atoms with E-state index in [2.05, 4.69) is 0 Å². The van der Waals surface area contributed by atoms with Gasteiger partial charge in [0.2, 0.25) is 0 Å². The molecule has 78 valence electrons. The Morgan fingerprint density at radius 3 is 2.50 bits per heavy atom. The van der Waals surface area contributed by atoms with Crippen molar-refractivity contribution in [2.75, 3.05) is 13.4 Å². The third-order valence-corrected chi connectivity index (χ3v) is 3.21. The van der Waals surface area contributed by atoms with Crippen LogP contribution in [0.1, 0.15) is 5.56 Å². The second kappa shape index (κ2) is 4.29. The molecule has 3 nitrogen and oxygen atoms in total. The van der Waals surface area contributed by atoms with Crippen LogP contribution in [0.25, 0.3) is 0 Å². The number of methoxy groups -OCH3 is 1. The first-order chi connectivity index (χ1) is 6.45. The summed E-state index contributed by atoms with van der Waals surface area (Å²) >= 11 is 5.87. The maximum atomic E-state index is 11.2. The lowest BCUT2D eigenvalue weighted by molar-refractivity contribution is 0.185. The van der Waals surface area contributed by atoms with Crippen LogP contribution in [-0.4, -0.2) is 21.8 Å². The van der Waals surface area contributed by atoms with Gasteiger partial charge in [-0.3, -0.25) is 0 Å². The lowest BCUT2D eigenvalue weighted by Crippen LogP contribution is -1.98. The SMILES string of the molecule is COCc1ccc(S(C)(=O)=O)cc1Cl. The van der Waals surface area contributed by atoms with Crippen molar-refractivity contribution in [1.82, 2.24) is 0 Å². The molecule has 0 heterocycles. The fourth-order valence-corrected chi connectivity index (χ4v) is 1.98. The summed E-state index contributed by atoms with van der Waals surface area (Å²) in [4.78, 5) is 0.224. The molecule has 0 atom stereocenters. The Kier molecular flexibility index (Phi) is 3.53. The zero-order chi connectivity index (χ0) is 10.8. The second-order valence-corrected chi connectivity index (χ2v) is 5.38. The minimum absolute atomic E-state index is 0.224. The Bertz CT molecular complexity index is 426. The van der Waals surface area contributed by atoms with Crippen molar-refractivity contribution in [2.45, 2.75) is 11.5 Å². The van der Waals surface area contributed by atoms with Crippen LogP contribution in [0.3, 0.4) is 0 Å². The summed E-state index contributed by atoms with van der Waals surface area (Å²) in [6.45, 7) is 0.378. The van der Waals surface area contributed by atoms with Crippen molar-refractivity contribution in [3.8, 4) is 0 Å². The van der Waals surface area contributed by atoms with E-state index < -0.39 is 9.84 Å². The first-order valence-electron chi connectivity index (χ1n) is 3.92. The zero-order valence-electron chi connectivity index (χ0n) is 7.95. The molecule has 5 heteroatoms. The maximum absolute atomic E-state index is 11.2. The number of hydrogen-bond acceptors (Lipinski definition) is 3. The van der Waals surface area contributed by atoms with Crippen LogP contribution in [0.5, 0.6) is 0 Å². The summed E-state index contributed by atoms with van der Waals surface area (Å²) in [5, 5.41) is 0.412. The van der Waals surface area contributed by atoms with Crippen LogP contribution in [0.4, 0.5) is 0 Å². The normalized spacial score (nSPS) is 11.6. The van der Waals surface area contributed by atoms with Crippen LogP contribution in [0.15, 0.2) is 23.1 Å². The average Bonchev–Trinajstić information content (AvgIpc) is 2.07. The molecule has 0 N–H and O–H groups in total. The van der Waals surface area contributed by atoms with Crippen LogP contribution < -0.4 is 0 Å². The lowest BCUT2D eigenvalue weighted by atomic mass is 10.2. The van der Waals surface area contributed by atoms with E-state index in [-0.39, 0.29) is 4.90 Å². The number of ether oxygens (including phenoxy) is 1. The molecule has 0 saturated carbocycles. The molecule has 0 fully saturated rings. The van der Waals surface area contributed by atoms with Gasteiger partial charge in [-0.1, -0.05) is 17.7 Å². The van der Waals surface area contributed by atoms with Crippen molar-refractivity contribution < 1.29 is 13.2 Å². The van der Waals surface area contributed by atoms with Crippen LogP contribution >= 0.6 is 11.6 Å². The highest BCUT2D eigenvalue weighted by Crippen LogP contribution is 2.21. The van der Waals surface area contributed by atoms with Gasteiger partial charge in [0.25, 0.3) is 0 Å². The van der Waals surface area contributed by atoms with Crippen LogP contribution in [-0.2, 0) is 21.2 Å². The first-order valence-corrected chi connectivity index (χ1v) is 6.19. The van der Waals surface area contributed by atoms with E-state index in [1.54, 1.807) is 13.2 Å². The molecule has 1 aromatic rings. The molecule has 0 aliphatic heterocycles. The summed E-state index contributed by atoms with van der Waals surface area (Å²) in [5.41, 5.74) is 0.779. The van der Waals surface area contributed by atoms with E-state index in [1.807, 2.05) is 0 Å². The van der Waals surface area contributed by atoms with Gasteiger partial charge in [-0.05, 0) is 17.7 Å². The fraction of sp³-hybridized carbons (Fsp3) is 0.333. The van der Waals surface area contributed by atoms with Gasteiger partial charge in [-0.2, -0.15) is 0 Å². The smallest absolute Gasteiger partial charge is 0.175 e. The monoisotopic (exact) mass is 234 g/mol. The van der Waals surface area contributed by atoms with Crippen molar-refractivity contribution in [1.29, 1.82) is 0 Å². The highest BCUT2D eigenvalue weighted by molar-refractivity contribution is 7.90. The predicted octanol–water partition coefficient (Wildman–Crippen LogP) is 1.89. The topological polar surface area (TPSA) is 43.4 Å². The molecule has 0 spiro atoms. The molecule has 0 aromatic heterocycles. The molecule has 1 rings (SSSR count). The lowest BCUT2D eigenvalue weighted by Gasteiger charge is -2.04. The van der Waals surface area contributed by atoms with Gasteiger partial charge in [-0.25, -0.2) is 8.42 Å². The standard InChI is InChI=1S/C9H11ClO3S/c1-13-6-7-3-4-8(5-9(7)10)14(2,11)12/h3-5H,6H2,1-2H3. The second-order valence-electron chi connectivity index (χ2n) is 2.96. The predicted molar refractivity (Wildman–Crippen MR) is 55.3 cm³/mol. The summed E-state index contributed by atoms with van der Waals surface area (Å²) < 4.78 is 27.2. The molecule has 0 aliphatic rings. The molecule has 14 heavy (non-hydrogen) atoms. The number of halogens is 1. The van der Waals surface area contributed by atoms with Crippen LogP contribution in [0, 0.1) is 0 Å². The molecule has 0 aliphatic carbocycles. The van der Waals surface area contributed by atoms with Gasteiger partial charge in [0.1, 0.15) is 0 Å². The van der Waals surface area contributed by atoms with E-state index in [4.69, 9.17) is 16.3 Å². The van der Waals surface area contributed by atoms with Crippen molar-refractivity contribution in [3.63, 3.8) is 0 Å². The highest BCUT2D eigenvalue weighted by Gasteiger charge is 2.09. The summed E-state index contributed by atoms with van der Waals surface area (Å²) in [6.07, 6.45) is 1.15. The van der Waals surface area contributed by atoms with Crippen molar-refractivity contribution in [3.05, 3.63) is 28.8 Å². The summed E-state index contributed by atoms with van der Waals surface area (Å²) in [6, 6.07) is 4.61. The van der Waals surface area contributed by atoms with Crippen molar-refractivity contribution >= 4 is 21.4 Å². The number of sulfone groups is 1. The molecule has 0 bridgehead atoms. The number of benzene rings is 1. The Morgan fingerprint density at radius 2 is 2.07 bits per heavy atom. The van der Waals surface area contributed by atoms with E-state index in [0.29, 0.717) is 11.6 Å². The molecule has 0 unspecified atom stereocenters. The van der Waals surface area contributed by atoms with E-state index in [0.717, 1.165) is 11.8 Å². The zero-order valence-corrected chi connectivity index (χ0v) is 9.52. The summed E-state index contributed by atoms with van der Waals surface area (Å²) in [5.74, 6) is 0. The Hall–Kier alpha value is -0.580. The van der Waals surface area contributed by atoms with E-state index in [9.17, 15) is 8.42 Å². The highest BCUT2D eigenvalue weighted by atomic mass is 35.5. The summed E-state index contributed by atoms with van der Waals surface area (Å²) in [7, 11) is -1.63. The molecular formula is C9H11ClO3S. The molecule has 0 radical (unpaired) electrons. The largest absolute Gasteiger partial charge is 0.380 e. The van der Waals surface area contributed by atoms with Gasteiger partial charge >= 0.3 is 0 Å². The Balaban J connectivity index is 3.13. The van der Waals surface area contributed by atoms with Gasteiger partial charge < -0.3 is 4.74 Å². The van der Waals surface area contributed by atoms with E-state index >= 15 is 0 Å². The minimum atomic E-state index is -3.18. The van der Waals surface area contributed by atoms with Crippen molar-refractivity contribution in [2.24, 2.45) is 0 Å². The number of rotatable bonds is 3. The fourth-order valence-electron chi connectivity index (χ4n) is 1.03. The molecular weight excluding hydrogens is 224 g/mol. The Morgan fingerprint density at radius 1 is 1.43 bits per heavy atom. The van der Waals surface area contributed by atoms with Gasteiger partial charge in [0, 0.05) is 18.4 Å². The molecule has 1 aromatic carbocycles. The minimum Gasteiger partial charge on any atom is -0.380 e. The average molecular weight is 235 g/mol. The molecule has 0 saturated heterocycles. The van der Waals surface area contributed by atoms with Crippen LogP contribution in [0.2, 0.25) is 5.02 Å². The van der Waals surface area contributed by atoms with Gasteiger partial charge in [0.15, 0.2) is 9.84 Å². The maximum Gasteiger partial charge on any atom is 0.175 e. The third-order valence-electron chi connectivity index (χ3n) is 1.75. The number of hydrogen-bond donors (Lipinski definition) is 0. The quantitative estimate of drug-likeness (QED) is 0.802. The molecule has 0 amide bonds. The first kappa shape index (κ1) is 11.5. The van der Waals surface area contributed by atoms with Gasteiger partial charge in [0.05, 0.1) is 11.5 Å². The third kappa shape index (κ3) is 2.70. The van der Waals surface area contributed by atoms with E-state index in [1.165, 1.54) is 12.1 Å². The Labute approximate surface area is 88.6 Å². The van der Waals surface area contributed by atoms with Gasteiger partial charge in [-0.15, -0.1) is 0 Å².